The largest absolute Gasteiger partial charge is 0.354 e. The summed E-state index contributed by atoms with van der Waals surface area (Å²) in [7, 11) is 0. The third kappa shape index (κ3) is 3.32. The number of carbonyl (C=O) groups excluding carboxylic acids is 1. The number of anilines is 1. The lowest BCUT2D eigenvalue weighted by atomic mass is 9.98. The minimum atomic E-state index is -0.383. The van der Waals surface area contributed by atoms with Crippen LogP contribution in [0.15, 0.2) is 30.5 Å². The molecular weight excluding hydrogens is 357 g/mol. The van der Waals surface area contributed by atoms with Gasteiger partial charge in [-0.3, -0.25) is 9.20 Å². The zero-order valence-corrected chi connectivity index (χ0v) is 15.7. The zero-order chi connectivity index (χ0) is 19.3. The highest BCUT2D eigenvalue weighted by atomic mass is 19.1. The van der Waals surface area contributed by atoms with Crippen molar-refractivity contribution in [3.05, 3.63) is 47.4 Å². The quantitative estimate of drug-likeness (QED) is 0.687. The number of hydrogen-bond acceptors (Lipinski definition) is 4. The SMILES string of the molecule is Cc1c(F)cc(C(=O)NC2CC2)cc1-c1ccn2c(NCC3CC3)nnc2c1. The smallest absolute Gasteiger partial charge is 0.251 e. The van der Waals surface area contributed by atoms with Crippen LogP contribution in [0.2, 0.25) is 0 Å². The minimum absolute atomic E-state index is 0.224. The second-order valence-corrected chi connectivity index (χ2v) is 7.87. The monoisotopic (exact) mass is 379 g/mol. The maximum Gasteiger partial charge on any atom is 0.251 e. The van der Waals surface area contributed by atoms with Gasteiger partial charge in [-0.15, -0.1) is 10.2 Å². The number of nitrogens with one attached hydrogen (secondary N) is 2. The molecule has 0 saturated heterocycles. The highest BCUT2D eigenvalue weighted by molar-refractivity contribution is 5.96. The molecule has 7 heteroatoms. The van der Waals surface area contributed by atoms with Gasteiger partial charge in [0.15, 0.2) is 5.65 Å². The lowest BCUT2D eigenvalue weighted by molar-refractivity contribution is 0.0950. The number of pyridine rings is 1. The van der Waals surface area contributed by atoms with Crippen molar-refractivity contribution in [2.75, 3.05) is 11.9 Å². The number of carbonyl (C=O) groups is 1. The molecule has 3 aromatic rings. The molecule has 0 aliphatic heterocycles. The fourth-order valence-corrected chi connectivity index (χ4v) is 3.34. The summed E-state index contributed by atoms with van der Waals surface area (Å²) in [4.78, 5) is 12.4. The average Bonchev–Trinajstić information content (AvgIpc) is 3.62. The van der Waals surface area contributed by atoms with Crippen molar-refractivity contribution < 1.29 is 9.18 Å². The highest BCUT2D eigenvalue weighted by Gasteiger charge is 2.25. The van der Waals surface area contributed by atoms with Crippen LogP contribution in [0, 0.1) is 18.7 Å². The maximum atomic E-state index is 14.5. The first-order valence-electron chi connectivity index (χ1n) is 9.78. The molecule has 0 spiro atoms. The minimum Gasteiger partial charge on any atom is -0.354 e. The van der Waals surface area contributed by atoms with E-state index >= 15 is 0 Å². The van der Waals surface area contributed by atoms with Crippen molar-refractivity contribution in [3.63, 3.8) is 0 Å². The van der Waals surface area contributed by atoms with Gasteiger partial charge in [-0.2, -0.15) is 0 Å². The second kappa shape index (κ2) is 6.58. The van der Waals surface area contributed by atoms with E-state index in [0.29, 0.717) is 28.3 Å². The summed E-state index contributed by atoms with van der Waals surface area (Å²) in [5, 5.41) is 14.7. The Bertz CT molecular complexity index is 1070. The Labute approximate surface area is 162 Å². The lowest BCUT2D eigenvalue weighted by Gasteiger charge is -2.11. The predicted octanol–water partition coefficient (Wildman–Crippen LogP) is 3.56. The van der Waals surface area contributed by atoms with Gasteiger partial charge in [0.05, 0.1) is 0 Å². The van der Waals surface area contributed by atoms with Crippen LogP contribution in [0.25, 0.3) is 16.8 Å². The summed E-state index contributed by atoms with van der Waals surface area (Å²) in [6.07, 6.45) is 6.40. The number of fused-ring (bicyclic) bond motifs is 1. The van der Waals surface area contributed by atoms with Crippen LogP contribution >= 0.6 is 0 Å². The molecule has 2 fully saturated rings. The molecule has 0 radical (unpaired) electrons. The standard InChI is InChI=1S/C21H22FN5O/c1-12-17(8-15(9-18(12)22)20(28)24-16-4-5-16)14-6-7-27-19(10-14)25-26-21(27)23-11-13-2-3-13/h6-10,13,16H,2-5,11H2,1H3,(H,23,26)(H,24,28). The fraction of sp³-hybridized carbons (Fsp3) is 0.381. The van der Waals surface area contributed by atoms with Gasteiger partial charge >= 0.3 is 0 Å². The Morgan fingerprint density at radius 3 is 2.79 bits per heavy atom. The van der Waals surface area contributed by atoms with E-state index in [-0.39, 0.29) is 17.8 Å². The fourth-order valence-electron chi connectivity index (χ4n) is 3.34. The molecule has 2 saturated carbocycles. The molecule has 2 aliphatic rings. The molecule has 6 nitrogen and oxygen atoms in total. The summed E-state index contributed by atoms with van der Waals surface area (Å²) in [5.41, 5.74) is 3.05. The lowest BCUT2D eigenvalue weighted by Crippen LogP contribution is -2.25. The Kier molecular flexibility index (Phi) is 4.03. The second-order valence-electron chi connectivity index (χ2n) is 7.87. The highest BCUT2D eigenvalue weighted by Crippen LogP contribution is 2.30. The van der Waals surface area contributed by atoms with E-state index in [9.17, 15) is 9.18 Å². The summed E-state index contributed by atoms with van der Waals surface area (Å²) in [6, 6.07) is 7.08. The van der Waals surface area contributed by atoms with Crippen LogP contribution in [0.4, 0.5) is 10.3 Å². The molecule has 2 aliphatic carbocycles. The summed E-state index contributed by atoms with van der Waals surface area (Å²) >= 11 is 0. The van der Waals surface area contributed by atoms with E-state index in [2.05, 4.69) is 20.8 Å². The third-order valence-corrected chi connectivity index (χ3v) is 5.49. The number of hydrogen-bond donors (Lipinski definition) is 2. The van der Waals surface area contributed by atoms with Crippen LogP contribution in [-0.2, 0) is 0 Å². The number of benzene rings is 1. The first-order valence-corrected chi connectivity index (χ1v) is 9.78. The first-order chi connectivity index (χ1) is 13.6. The van der Waals surface area contributed by atoms with E-state index in [0.717, 1.165) is 30.9 Å². The van der Waals surface area contributed by atoms with Gasteiger partial charge in [-0.1, -0.05) is 0 Å². The molecule has 28 heavy (non-hydrogen) atoms. The summed E-state index contributed by atoms with van der Waals surface area (Å²) in [5.74, 6) is 0.847. The van der Waals surface area contributed by atoms with Crippen LogP contribution in [-0.4, -0.2) is 33.1 Å². The molecule has 0 unspecified atom stereocenters. The molecule has 1 aromatic carbocycles. The van der Waals surface area contributed by atoms with Crippen molar-refractivity contribution in [2.24, 2.45) is 5.92 Å². The van der Waals surface area contributed by atoms with Crippen molar-refractivity contribution in [3.8, 4) is 11.1 Å². The van der Waals surface area contributed by atoms with Gasteiger partial charge in [0, 0.05) is 24.3 Å². The number of rotatable bonds is 6. The molecule has 2 heterocycles. The topological polar surface area (TPSA) is 71.3 Å². The van der Waals surface area contributed by atoms with Gasteiger partial charge in [0.1, 0.15) is 5.82 Å². The van der Waals surface area contributed by atoms with E-state index in [1.807, 2.05) is 22.7 Å². The van der Waals surface area contributed by atoms with E-state index in [1.54, 1.807) is 13.0 Å². The van der Waals surface area contributed by atoms with Gasteiger partial charge in [0.2, 0.25) is 5.95 Å². The molecule has 0 bridgehead atoms. The van der Waals surface area contributed by atoms with Crippen LogP contribution in [0.3, 0.4) is 0 Å². The number of aromatic nitrogens is 3. The van der Waals surface area contributed by atoms with Crippen LogP contribution < -0.4 is 10.6 Å². The van der Waals surface area contributed by atoms with Gasteiger partial charge < -0.3 is 10.6 Å². The molecular formula is C21H22FN5O. The van der Waals surface area contributed by atoms with Crippen molar-refractivity contribution in [1.82, 2.24) is 19.9 Å². The number of halogens is 1. The van der Waals surface area contributed by atoms with Crippen molar-refractivity contribution >= 4 is 17.5 Å². The number of nitrogens with zero attached hydrogens (tertiary/aromatic N) is 3. The van der Waals surface area contributed by atoms with Crippen molar-refractivity contribution in [1.29, 1.82) is 0 Å². The zero-order valence-electron chi connectivity index (χ0n) is 15.7. The molecule has 5 rings (SSSR count). The predicted molar refractivity (Wildman–Crippen MR) is 105 cm³/mol. The first kappa shape index (κ1) is 17.2. The Morgan fingerprint density at radius 2 is 2.04 bits per heavy atom. The number of amides is 1. The molecule has 1 amide bonds. The van der Waals surface area contributed by atoms with Crippen molar-refractivity contribution in [2.45, 2.75) is 38.6 Å². The summed E-state index contributed by atoms with van der Waals surface area (Å²) in [6.45, 7) is 2.63. The molecule has 2 aromatic heterocycles. The molecule has 0 atom stereocenters. The maximum absolute atomic E-state index is 14.5. The van der Waals surface area contributed by atoms with Crippen LogP contribution in [0.1, 0.15) is 41.6 Å². The molecule has 144 valence electrons. The Hall–Kier alpha value is -2.96. The third-order valence-electron chi connectivity index (χ3n) is 5.49. The van der Waals surface area contributed by atoms with Gasteiger partial charge in [-0.25, -0.2) is 4.39 Å². The Morgan fingerprint density at radius 1 is 1.21 bits per heavy atom. The molecule has 2 N–H and O–H groups in total. The van der Waals surface area contributed by atoms with Crippen LogP contribution in [0.5, 0.6) is 0 Å². The van der Waals surface area contributed by atoms with E-state index in [4.69, 9.17) is 0 Å². The van der Waals surface area contributed by atoms with Gasteiger partial charge in [-0.05, 0) is 79.5 Å². The normalized spacial score (nSPS) is 16.4. The average molecular weight is 379 g/mol. The van der Waals surface area contributed by atoms with E-state index < -0.39 is 0 Å². The van der Waals surface area contributed by atoms with Gasteiger partial charge in [0.25, 0.3) is 5.91 Å². The Balaban J connectivity index is 1.47. The summed E-state index contributed by atoms with van der Waals surface area (Å²) < 4.78 is 16.4. The van der Waals surface area contributed by atoms with E-state index in [1.165, 1.54) is 18.9 Å².